The van der Waals surface area contributed by atoms with E-state index in [0.717, 1.165) is 42.7 Å². The van der Waals surface area contributed by atoms with Gasteiger partial charge in [-0.1, -0.05) is 6.42 Å². The van der Waals surface area contributed by atoms with Gasteiger partial charge in [0.05, 0.1) is 0 Å². The molecular formula is C20H23N3O3. The zero-order valence-electron chi connectivity index (χ0n) is 15.0. The van der Waals surface area contributed by atoms with Crippen molar-refractivity contribution in [3.8, 4) is 0 Å². The third kappa shape index (κ3) is 3.16. The highest BCUT2D eigenvalue weighted by Crippen LogP contribution is 2.36. The average Bonchev–Trinajstić information content (AvgIpc) is 2.60. The van der Waals surface area contributed by atoms with Gasteiger partial charge in [0.15, 0.2) is 0 Å². The summed E-state index contributed by atoms with van der Waals surface area (Å²) in [7, 11) is 0. The van der Waals surface area contributed by atoms with Gasteiger partial charge >= 0.3 is 5.63 Å². The van der Waals surface area contributed by atoms with E-state index < -0.39 is 5.63 Å². The van der Waals surface area contributed by atoms with Gasteiger partial charge in [-0.3, -0.25) is 4.79 Å². The topological polar surface area (TPSA) is 76.3 Å². The minimum absolute atomic E-state index is 0.188. The average molecular weight is 353 g/mol. The maximum absolute atomic E-state index is 12.9. The number of aromatic nitrogens is 2. The van der Waals surface area contributed by atoms with Gasteiger partial charge in [-0.05, 0) is 50.3 Å². The highest BCUT2D eigenvalue weighted by atomic mass is 16.4. The SMILES string of the molecule is Cc1cc(C2CCC2)oc(=O)c1C(=O)N1CCC(c2ccncn2)CC1. The minimum atomic E-state index is -0.491. The molecule has 0 aromatic carbocycles. The Balaban J connectivity index is 1.48. The summed E-state index contributed by atoms with van der Waals surface area (Å²) in [6.07, 6.45) is 8.29. The molecule has 6 nitrogen and oxygen atoms in total. The number of rotatable bonds is 3. The molecule has 0 N–H and O–H groups in total. The number of hydrogen-bond acceptors (Lipinski definition) is 5. The Morgan fingerprint density at radius 1 is 1.19 bits per heavy atom. The standard InChI is InChI=1S/C20H23N3O3/c1-13-11-17(15-3-2-4-15)26-20(25)18(13)19(24)23-9-6-14(7-10-23)16-5-8-21-12-22-16/h5,8,11-12,14-15H,2-4,6-7,9-10H2,1H3. The molecule has 1 saturated heterocycles. The number of aryl methyl sites for hydroxylation is 1. The first-order valence-electron chi connectivity index (χ1n) is 9.33. The Morgan fingerprint density at radius 2 is 1.96 bits per heavy atom. The lowest BCUT2D eigenvalue weighted by molar-refractivity contribution is 0.0705. The van der Waals surface area contributed by atoms with E-state index in [1.165, 1.54) is 6.42 Å². The number of hydrogen-bond donors (Lipinski definition) is 0. The zero-order valence-corrected chi connectivity index (χ0v) is 15.0. The normalized spacial score (nSPS) is 18.6. The Kier molecular flexibility index (Phi) is 4.57. The van der Waals surface area contributed by atoms with E-state index in [9.17, 15) is 9.59 Å². The molecule has 0 bridgehead atoms. The van der Waals surface area contributed by atoms with Crippen LogP contribution in [-0.4, -0.2) is 33.9 Å². The van der Waals surface area contributed by atoms with E-state index in [1.807, 2.05) is 19.1 Å². The number of likely N-dealkylation sites (tertiary alicyclic amines) is 1. The van der Waals surface area contributed by atoms with Crippen LogP contribution in [0.5, 0.6) is 0 Å². The van der Waals surface area contributed by atoms with Crippen LogP contribution in [0, 0.1) is 6.92 Å². The Bertz CT molecular complexity index is 850. The van der Waals surface area contributed by atoms with E-state index in [1.54, 1.807) is 17.4 Å². The maximum atomic E-state index is 12.9. The van der Waals surface area contributed by atoms with Gasteiger partial charge in [-0.15, -0.1) is 0 Å². The first-order chi connectivity index (χ1) is 12.6. The number of nitrogens with zero attached hydrogens (tertiary/aromatic N) is 3. The van der Waals surface area contributed by atoms with Crippen molar-refractivity contribution in [2.24, 2.45) is 0 Å². The summed E-state index contributed by atoms with van der Waals surface area (Å²) in [5.41, 5.74) is 1.45. The molecule has 2 fully saturated rings. The van der Waals surface area contributed by atoms with Gasteiger partial charge in [0.25, 0.3) is 5.91 Å². The first kappa shape index (κ1) is 16.9. The van der Waals surface area contributed by atoms with Crippen molar-refractivity contribution in [3.63, 3.8) is 0 Å². The molecule has 1 saturated carbocycles. The van der Waals surface area contributed by atoms with Gasteiger partial charge in [0, 0.05) is 36.8 Å². The predicted octanol–water partition coefficient (Wildman–Crippen LogP) is 3.03. The van der Waals surface area contributed by atoms with Crippen LogP contribution in [0.2, 0.25) is 0 Å². The molecule has 2 aromatic heterocycles. The van der Waals surface area contributed by atoms with E-state index in [4.69, 9.17) is 4.42 Å². The van der Waals surface area contributed by atoms with Crippen molar-refractivity contribution in [3.05, 3.63) is 57.7 Å². The van der Waals surface area contributed by atoms with E-state index >= 15 is 0 Å². The molecular weight excluding hydrogens is 330 g/mol. The quantitative estimate of drug-likeness (QED) is 0.848. The molecule has 2 aromatic rings. The second-order valence-corrected chi connectivity index (χ2v) is 7.32. The zero-order chi connectivity index (χ0) is 18.1. The molecule has 2 aliphatic rings. The van der Waals surface area contributed by atoms with Crippen molar-refractivity contribution >= 4 is 5.91 Å². The molecule has 0 spiro atoms. The molecule has 136 valence electrons. The number of piperidine rings is 1. The second-order valence-electron chi connectivity index (χ2n) is 7.32. The molecule has 6 heteroatoms. The lowest BCUT2D eigenvalue weighted by Crippen LogP contribution is -2.40. The molecule has 26 heavy (non-hydrogen) atoms. The van der Waals surface area contributed by atoms with Crippen LogP contribution in [0.15, 0.2) is 33.9 Å². The summed E-state index contributed by atoms with van der Waals surface area (Å²) in [6, 6.07) is 3.81. The number of carbonyl (C=O) groups excluding carboxylic acids is 1. The van der Waals surface area contributed by atoms with E-state index in [2.05, 4.69) is 9.97 Å². The van der Waals surface area contributed by atoms with Crippen LogP contribution in [0.1, 0.15) is 71.3 Å². The molecule has 1 amide bonds. The summed E-state index contributed by atoms with van der Waals surface area (Å²) in [5, 5.41) is 0. The van der Waals surface area contributed by atoms with Crippen LogP contribution >= 0.6 is 0 Å². The third-order valence-electron chi connectivity index (χ3n) is 5.69. The summed E-state index contributed by atoms with van der Waals surface area (Å²) in [6.45, 7) is 3.08. The van der Waals surface area contributed by atoms with Crippen LogP contribution in [0.25, 0.3) is 0 Å². The largest absolute Gasteiger partial charge is 0.427 e. The maximum Gasteiger partial charge on any atom is 0.349 e. The van der Waals surface area contributed by atoms with Crippen molar-refractivity contribution in [2.45, 2.75) is 50.9 Å². The van der Waals surface area contributed by atoms with Crippen molar-refractivity contribution < 1.29 is 9.21 Å². The summed E-state index contributed by atoms with van der Waals surface area (Å²) >= 11 is 0. The molecule has 3 heterocycles. The second kappa shape index (κ2) is 7.02. The van der Waals surface area contributed by atoms with Crippen LogP contribution < -0.4 is 5.63 Å². The molecule has 1 aliphatic carbocycles. The summed E-state index contributed by atoms with van der Waals surface area (Å²) in [4.78, 5) is 35.4. The summed E-state index contributed by atoms with van der Waals surface area (Å²) < 4.78 is 5.48. The van der Waals surface area contributed by atoms with Crippen molar-refractivity contribution in [1.82, 2.24) is 14.9 Å². The predicted molar refractivity (Wildman–Crippen MR) is 96.2 cm³/mol. The fourth-order valence-electron chi connectivity index (χ4n) is 3.86. The Labute approximate surface area is 152 Å². The molecule has 0 radical (unpaired) electrons. The molecule has 0 atom stereocenters. The van der Waals surface area contributed by atoms with Crippen molar-refractivity contribution in [1.29, 1.82) is 0 Å². The van der Waals surface area contributed by atoms with Gasteiger partial charge < -0.3 is 9.32 Å². The van der Waals surface area contributed by atoms with Gasteiger partial charge in [-0.2, -0.15) is 0 Å². The third-order valence-corrected chi connectivity index (χ3v) is 5.69. The highest BCUT2D eigenvalue weighted by Gasteiger charge is 2.29. The fourth-order valence-corrected chi connectivity index (χ4v) is 3.86. The Hall–Kier alpha value is -2.50. The van der Waals surface area contributed by atoms with Crippen molar-refractivity contribution in [2.75, 3.05) is 13.1 Å². The van der Waals surface area contributed by atoms with Crippen LogP contribution in [0.4, 0.5) is 0 Å². The van der Waals surface area contributed by atoms with E-state index in [-0.39, 0.29) is 11.5 Å². The molecule has 0 unspecified atom stereocenters. The highest BCUT2D eigenvalue weighted by molar-refractivity contribution is 5.95. The smallest absolute Gasteiger partial charge is 0.349 e. The monoisotopic (exact) mass is 353 g/mol. The van der Waals surface area contributed by atoms with Gasteiger partial charge in [0.1, 0.15) is 17.7 Å². The van der Waals surface area contributed by atoms with Crippen LogP contribution in [-0.2, 0) is 0 Å². The summed E-state index contributed by atoms with van der Waals surface area (Å²) in [5.74, 6) is 1.20. The minimum Gasteiger partial charge on any atom is -0.427 e. The van der Waals surface area contributed by atoms with E-state index in [0.29, 0.717) is 24.9 Å². The number of amides is 1. The van der Waals surface area contributed by atoms with Crippen LogP contribution in [0.3, 0.4) is 0 Å². The molecule has 4 rings (SSSR count). The number of carbonyl (C=O) groups is 1. The lowest BCUT2D eigenvalue weighted by atomic mass is 9.83. The lowest BCUT2D eigenvalue weighted by Gasteiger charge is -2.32. The Morgan fingerprint density at radius 3 is 2.54 bits per heavy atom. The van der Waals surface area contributed by atoms with Gasteiger partial charge in [0.2, 0.25) is 0 Å². The first-order valence-corrected chi connectivity index (χ1v) is 9.33. The van der Waals surface area contributed by atoms with Gasteiger partial charge in [-0.25, -0.2) is 14.8 Å². The fraction of sp³-hybridized carbons (Fsp3) is 0.500. The molecule has 1 aliphatic heterocycles.